The molecule has 1 atom stereocenters. The van der Waals surface area contributed by atoms with Gasteiger partial charge in [0.1, 0.15) is 0 Å². The predicted octanol–water partition coefficient (Wildman–Crippen LogP) is 1.32. The Bertz CT molecular complexity index is 799. The second-order valence-electron chi connectivity index (χ2n) is 5.22. The molecule has 7 heteroatoms. The minimum atomic E-state index is -3.73. The SMILES string of the molecule is CCCCC(CN)NS(=O)(=O)c1cccc2c(=O)[nH]ccc12. The molecular formula is C15H21N3O3S. The molecule has 0 fully saturated rings. The molecule has 1 unspecified atom stereocenters. The molecule has 1 aromatic carbocycles. The summed E-state index contributed by atoms with van der Waals surface area (Å²) in [5.41, 5.74) is 5.34. The van der Waals surface area contributed by atoms with Gasteiger partial charge in [-0.3, -0.25) is 4.79 Å². The Labute approximate surface area is 129 Å². The second-order valence-corrected chi connectivity index (χ2v) is 6.90. The number of nitrogens with one attached hydrogen (secondary N) is 2. The molecule has 2 aromatic rings. The number of sulfonamides is 1. The average Bonchev–Trinajstić information content (AvgIpc) is 2.51. The van der Waals surface area contributed by atoms with Gasteiger partial charge in [0.05, 0.1) is 4.90 Å². The number of fused-ring (bicyclic) bond motifs is 1. The molecule has 0 saturated carbocycles. The standard InChI is InChI=1S/C15H21N3O3S/c1-2-3-5-11(10-16)18-22(20,21)14-7-4-6-13-12(14)8-9-17-15(13)19/h4,6-9,11,18H,2-3,5,10,16H2,1H3,(H,17,19). The maximum Gasteiger partial charge on any atom is 0.255 e. The van der Waals surface area contributed by atoms with E-state index in [4.69, 9.17) is 5.73 Å². The summed E-state index contributed by atoms with van der Waals surface area (Å²) in [6.45, 7) is 2.28. The summed E-state index contributed by atoms with van der Waals surface area (Å²) in [5, 5.41) is 0.758. The van der Waals surface area contributed by atoms with Gasteiger partial charge >= 0.3 is 0 Å². The van der Waals surface area contributed by atoms with Gasteiger partial charge in [0.2, 0.25) is 10.0 Å². The molecule has 120 valence electrons. The van der Waals surface area contributed by atoms with Crippen LogP contribution >= 0.6 is 0 Å². The quantitative estimate of drug-likeness (QED) is 0.714. The number of hydrogen-bond donors (Lipinski definition) is 3. The van der Waals surface area contributed by atoms with E-state index in [1.165, 1.54) is 12.3 Å². The first-order valence-corrected chi connectivity index (χ1v) is 8.80. The van der Waals surface area contributed by atoms with E-state index in [0.29, 0.717) is 17.2 Å². The molecule has 1 aromatic heterocycles. The lowest BCUT2D eigenvalue weighted by Crippen LogP contribution is -2.40. The highest BCUT2D eigenvalue weighted by Gasteiger charge is 2.21. The first-order chi connectivity index (χ1) is 10.5. The molecule has 0 saturated heterocycles. The minimum absolute atomic E-state index is 0.103. The van der Waals surface area contributed by atoms with Gasteiger partial charge in [-0.25, -0.2) is 13.1 Å². The Balaban J connectivity index is 2.41. The third kappa shape index (κ3) is 3.55. The number of pyridine rings is 1. The van der Waals surface area contributed by atoms with Crippen molar-refractivity contribution in [1.29, 1.82) is 0 Å². The molecule has 6 nitrogen and oxygen atoms in total. The molecule has 1 heterocycles. The predicted molar refractivity (Wildman–Crippen MR) is 87.3 cm³/mol. The number of unbranched alkanes of at least 4 members (excludes halogenated alkanes) is 1. The highest BCUT2D eigenvalue weighted by atomic mass is 32.2. The first-order valence-electron chi connectivity index (χ1n) is 7.32. The number of H-pyrrole nitrogens is 1. The third-order valence-corrected chi connectivity index (χ3v) is 5.16. The number of hydrogen-bond acceptors (Lipinski definition) is 4. The molecule has 0 aliphatic heterocycles. The number of nitrogens with two attached hydrogens (primary N) is 1. The minimum Gasteiger partial charge on any atom is -0.329 e. The van der Waals surface area contributed by atoms with E-state index >= 15 is 0 Å². The van der Waals surface area contributed by atoms with Crippen LogP contribution < -0.4 is 16.0 Å². The summed E-state index contributed by atoms with van der Waals surface area (Å²) in [7, 11) is -3.73. The van der Waals surface area contributed by atoms with E-state index in [1.54, 1.807) is 18.2 Å². The van der Waals surface area contributed by atoms with Crippen LogP contribution in [0.1, 0.15) is 26.2 Å². The normalized spacial score (nSPS) is 13.4. The van der Waals surface area contributed by atoms with Gasteiger partial charge in [-0.2, -0.15) is 0 Å². The van der Waals surface area contributed by atoms with Crippen LogP contribution in [0.15, 0.2) is 40.2 Å². The Hall–Kier alpha value is -1.70. The van der Waals surface area contributed by atoms with Gasteiger partial charge in [0.25, 0.3) is 5.56 Å². The van der Waals surface area contributed by atoms with Crippen LogP contribution in [0.2, 0.25) is 0 Å². The van der Waals surface area contributed by atoms with Crippen molar-refractivity contribution in [1.82, 2.24) is 9.71 Å². The summed E-state index contributed by atoms with van der Waals surface area (Å²) < 4.78 is 27.9. The molecule has 0 aliphatic rings. The topological polar surface area (TPSA) is 105 Å². The fourth-order valence-corrected chi connectivity index (χ4v) is 3.89. The zero-order valence-corrected chi connectivity index (χ0v) is 13.3. The molecule has 0 radical (unpaired) electrons. The first kappa shape index (κ1) is 16.7. The lowest BCUT2D eigenvalue weighted by molar-refractivity contribution is 0.517. The van der Waals surface area contributed by atoms with Crippen molar-refractivity contribution in [3.05, 3.63) is 40.8 Å². The Morgan fingerprint density at radius 1 is 1.27 bits per heavy atom. The smallest absolute Gasteiger partial charge is 0.255 e. The van der Waals surface area contributed by atoms with Crippen molar-refractivity contribution in [2.75, 3.05) is 6.54 Å². The summed E-state index contributed by atoms with van der Waals surface area (Å²) in [6, 6.07) is 5.95. The van der Waals surface area contributed by atoms with Crippen LogP contribution in [0.5, 0.6) is 0 Å². The van der Waals surface area contributed by atoms with Crippen LogP contribution in [0.4, 0.5) is 0 Å². The largest absolute Gasteiger partial charge is 0.329 e. The van der Waals surface area contributed by atoms with Crippen molar-refractivity contribution >= 4 is 20.8 Å². The Morgan fingerprint density at radius 3 is 2.73 bits per heavy atom. The van der Waals surface area contributed by atoms with Gasteiger partial charge < -0.3 is 10.7 Å². The molecule has 22 heavy (non-hydrogen) atoms. The monoisotopic (exact) mass is 323 g/mol. The lowest BCUT2D eigenvalue weighted by atomic mass is 10.1. The zero-order valence-electron chi connectivity index (χ0n) is 12.5. The van der Waals surface area contributed by atoms with E-state index in [2.05, 4.69) is 9.71 Å². The number of benzene rings is 1. The maximum absolute atomic E-state index is 12.6. The summed E-state index contributed by atoms with van der Waals surface area (Å²) in [6.07, 6.45) is 4.01. The summed E-state index contributed by atoms with van der Waals surface area (Å²) in [4.78, 5) is 14.4. The summed E-state index contributed by atoms with van der Waals surface area (Å²) in [5.74, 6) is 0. The molecule has 0 spiro atoms. The third-order valence-electron chi connectivity index (χ3n) is 3.58. The second kappa shape index (κ2) is 7.04. The summed E-state index contributed by atoms with van der Waals surface area (Å²) >= 11 is 0. The van der Waals surface area contributed by atoms with Gasteiger partial charge in [-0.1, -0.05) is 25.8 Å². The number of aromatic nitrogens is 1. The van der Waals surface area contributed by atoms with E-state index in [0.717, 1.165) is 12.8 Å². The van der Waals surface area contributed by atoms with Crippen molar-refractivity contribution < 1.29 is 8.42 Å². The molecule has 2 rings (SSSR count). The molecule has 0 amide bonds. The van der Waals surface area contributed by atoms with E-state index < -0.39 is 10.0 Å². The fourth-order valence-electron chi connectivity index (χ4n) is 2.39. The van der Waals surface area contributed by atoms with Crippen LogP contribution in [0, 0.1) is 0 Å². The van der Waals surface area contributed by atoms with E-state index in [1.807, 2.05) is 6.92 Å². The van der Waals surface area contributed by atoms with Crippen molar-refractivity contribution in [3.63, 3.8) is 0 Å². The highest BCUT2D eigenvalue weighted by Crippen LogP contribution is 2.20. The van der Waals surface area contributed by atoms with Crippen molar-refractivity contribution in [3.8, 4) is 0 Å². The van der Waals surface area contributed by atoms with Gasteiger partial charge in [-0.05, 0) is 24.6 Å². The number of rotatable bonds is 7. The average molecular weight is 323 g/mol. The van der Waals surface area contributed by atoms with E-state index in [9.17, 15) is 13.2 Å². The van der Waals surface area contributed by atoms with Crippen molar-refractivity contribution in [2.24, 2.45) is 5.73 Å². The number of aromatic amines is 1. The fraction of sp³-hybridized carbons (Fsp3) is 0.400. The van der Waals surface area contributed by atoms with Gasteiger partial charge in [0.15, 0.2) is 0 Å². The van der Waals surface area contributed by atoms with Gasteiger partial charge in [-0.15, -0.1) is 0 Å². The molecule has 4 N–H and O–H groups in total. The van der Waals surface area contributed by atoms with Crippen LogP contribution in [0.25, 0.3) is 10.8 Å². The van der Waals surface area contributed by atoms with Crippen LogP contribution in [-0.4, -0.2) is 26.0 Å². The van der Waals surface area contributed by atoms with Crippen LogP contribution in [0.3, 0.4) is 0 Å². The molecule has 0 aliphatic carbocycles. The molecule has 0 bridgehead atoms. The van der Waals surface area contributed by atoms with E-state index in [-0.39, 0.29) is 23.0 Å². The van der Waals surface area contributed by atoms with Crippen molar-refractivity contribution in [2.45, 2.75) is 37.1 Å². The molecular weight excluding hydrogens is 302 g/mol. The lowest BCUT2D eigenvalue weighted by Gasteiger charge is -2.17. The Kier molecular flexibility index (Phi) is 5.33. The van der Waals surface area contributed by atoms with Crippen LogP contribution in [-0.2, 0) is 10.0 Å². The van der Waals surface area contributed by atoms with Gasteiger partial charge in [0, 0.05) is 29.6 Å². The zero-order chi connectivity index (χ0) is 16.2. The Morgan fingerprint density at radius 2 is 2.05 bits per heavy atom. The maximum atomic E-state index is 12.6. The highest BCUT2D eigenvalue weighted by molar-refractivity contribution is 7.89.